The highest BCUT2D eigenvalue weighted by Crippen LogP contribution is 2.32. The monoisotopic (exact) mass is 258 g/mol. The number of hydrogen-bond acceptors (Lipinski definition) is 3. The van der Waals surface area contributed by atoms with Crippen LogP contribution in [0, 0.1) is 17.2 Å². The van der Waals surface area contributed by atoms with Crippen molar-refractivity contribution in [2.45, 2.75) is 39.2 Å². The normalized spacial score (nSPS) is 16.5. The zero-order valence-corrected chi connectivity index (χ0v) is 11.8. The molecule has 2 rings (SSSR count). The molecule has 3 nitrogen and oxygen atoms in total. The predicted molar refractivity (Wildman–Crippen MR) is 77.0 cm³/mol. The molecule has 1 aromatic carbocycles. The Balaban J connectivity index is 2.29. The first-order chi connectivity index (χ1) is 9.15. The summed E-state index contributed by atoms with van der Waals surface area (Å²) in [5.74, 6) is 0.771. The molecule has 1 N–H and O–H groups in total. The average Bonchev–Trinajstić information content (AvgIpc) is 2.37. The molecule has 0 aliphatic heterocycles. The number of nitriles is 1. The standard InChI is InChI=1S/C16H22N2O/c1-3-18(11-13-5-4-6-13)16-9-14(10-17)7-8-15(16)12(2)19/h7-9,12-13,19H,3-6,11H2,1-2H3/t12-/m1/s1. The van der Waals surface area contributed by atoms with E-state index in [1.807, 2.05) is 12.1 Å². The highest BCUT2D eigenvalue weighted by Gasteiger charge is 2.22. The molecule has 1 saturated carbocycles. The molecule has 0 amide bonds. The number of nitrogens with zero attached hydrogens (tertiary/aromatic N) is 2. The van der Waals surface area contributed by atoms with Gasteiger partial charge < -0.3 is 10.0 Å². The van der Waals surface area contributed by atoms with Crippen LogP contribution in [0.25, 0.3) is 0 Å². The second kappa shape index (κ2) is 6.08. The summed E-state index contributed by atoms with van der Waals surface area (Å²) in [6, 6.07) is 7.75. The molecule has 3 heteroatoms. The van der Waals surface area contributed by atoms with Gasteiger partial charge in [-0.15, -0.1) is 0 Å². The Morgan fingerprint density at radius 3 is 2.68 bits per heavy atom. The smallest absolute Gasteiger partial charge is 0.0992 e. The lowest BCUT2D eigenvalue weighted by atomic mass is 9.85. The van der Waals surface area contributed by atoms with Crippen molar-refractivity contribution in [2.24, 2.45) is 5.92 Å². The van der Waals surface area contributed by atoms with Gasteiger partial charge in [0, 0.05) is 24.3 Å². The Kier molecular flexibility index (Phi) is 4.44. The summed E-state index contributed by atoms with van der Waals surface area (Å²) in [4.78, 5) is 2.30. The van der Waals surface area contributed by atoms with Gasteiger partial charge in [0.1, 0.15) is 0 Å². The molecule has 0 radical (unpaired) electrons. The fraction of sp³-hybridized carbons (Fsp3) is 0.562. The van der Waals surface area contributed by atoms with Crippen LogP contribution in [0.2, 0.25) is 0 Å². The van der Waals surface area contributed by atoms with E-state index in [0.29, 0.717) is 5.56 Å². The van der Waals surface area contributed by atoms with Gasteiger partial charge in [0.2, 0.25) is 0 Å². The first-order valence-corrected chi connectivity index (χ1v) is 7.12. The molecular weight excluding hydrogens is 236 g/mol. The second-order valence-electron chi connectivity index (χ2n) is 5.40. The van der Waals surface area contributed by atoms with E-state index in [0.717, 1.165) is 30.3 Å². The van der Waals surface area contributed by atoms with E-state index in [1.54, 1.807) is 13.0 Å². The third kappa shape index (κ3) is 3.08. The fourth-order valence-corrected chi connectivity index (χ4v) is 2.63. The van der Waals surface area contributed by atoms with Gasteiger partial charge in [-0.2, -0.15) is 5.26 Å². The summed E-state index contributed by atoms with van der Waals surface area (Å²) in [5, 5.41) is 19.0. The van der Waals surface area contributed by atoms with Gasteiger partial charge >= 0.3 is 0 Å². The number of rotatable bonds is 5. The van der Waals surface area contributed by atoms with Crippen molar-refractivity contribution in [3.63, 3.8) is 0 Å². The summed E-state index contributed by atoms with van der Waals surface area (Å²) in [7, 11) is 0. The highest BCUT2D eigenvalue weighted by molar-refractivity contribution is 5.58. The van der Waals surface area contributed by atoms with E-state index in [1.165, 1.54) is 19.3 Å². The van der Waals surface area contributed by atoms with Crippen LogP contribution in [0.3, 0.4) is 0 Å². The van der Waals surface area contributed by atoms with Crippen molar-refractivity contribution < 1.29 is 5.11 Å². The lowest BCUT2D eigenvalue weighted by molar-refractivity contribution is 0.199. The number of benzene rings is 1. The van der Waals surface area contributed by atoms with E-state index >= 15 is 0 Å². The predicted octanol–water partition coefficient (Wildman–Crippen LogP) is 3.24. The van der Waals surface area contributed by atoms with Gasteiger partial charge in [0.05, 0.1) is 17.7 Å². The zero-order chi connectivity index (χ0) is 13.8. The molecular formula is C16H22N2O. The fourth-order valence-electron chi connectivity index (χ4n) is 2.63. The van der Waals surface area contributed by atoms with Crippen LogP contribution in [-0.2, 0) is 0 Å². The Bertz CT molecular complexity index is 472. The van der Waals surface area contributed by atoms with Crippen LogP contribution in [0.5, 0.6) is 0 Å². The maximum absolute atomic E-state index is 9.91. The third-order valence-corrected chi connectivity index (χ3v) is 4.04. The quantitative estimate of drug-likeness (QED) is 0.882. The Hall–Kier alpha value is -1.53. The molecule has 1 aliphatic rings. The topological polar surface area (TPSA) is 47.3 Å². The van der Waals surface area contributed by atoms with E-state index in [4.69, 9.17) is 5.26 Å². The van der Waals surface area contributed by atoms with Crippen LogP contribution in [0.1, 0.15) is 50.3 Å². The summed E-state index contributed by atoms with van der Waals surface area (Å²) >= 11 is 0. The van der Waals surface area contributed by atoms with Gasteiger partial charge in [0.25, 0.3) is 0 Å². The molecule has 1 fully saturated rings. The van der Waals surface area contributed by atoms with Gasteiger partial charge in [-0.05, 0) is 44.7 Å². The average molecular weight is 258 g/mol. The summed E-state index contributed by atoms with van der Waals surface area (Å²) < 4.78 is 0. The SMILES string of the molecule is CCN(CC1CCC1)c1cc(C#N)ccc1[C@@H](C)O. The molecule has 102 valence electrons. The lowest BCUT2D eigenvalue weighted by Crippen LogP contribution is -2.33. The van der Waals surface area contributed by atoms with Crippen LogP contribution < -0.4 is 4.90 Å². The van der Waals surface area contributed by atoms with Crippen LogP contribution in [0.4, 0.5) is 5.69 Å². The van der Waals surface area contributed by atoms with Gasteiger partial charge in [0.15, 0.2) is 0 Å². The Labute approximate surface area is 115 Å². The van der Waals surface area contributed by atoms with Crippen molar-refractivity contribution in [1.29, 1.82) is 5.26 Å². The second-order valence-corrected chi connectivity index (χ2v) is 5.40. The first kappa shape index (κ1) is 13.9. The number of aliphatic hydroxyl groups is 1. The van der Waals surface area contributed by atoms with E-state index in [2.05, 4.69) is 17.9 Å². The summed E-state index contributed by atoms with van der Waals surface area (Å²) in [5.41, 5.74) is 2.59. The molecule has 0 saturated heterocycles. The molecule has 1 atom stereocenters. The lowest BCUT2D eigenvalue weighted by Gasteiger charge is -2.34. The Morgan fingerprint density at radius 1 is 1.47 bits per heavy atom. The highest BCUT2D eigenvalue weighted by atomic mass is 16.3. The first-order valence-electron chi connectivity index (χ1n) is 7.12. The zero-order valence-electron chi connectivity index (χ0n) is 11.8. The van der Waals surface area contributed by atoms with Crippen LogP contribution in [0.15, 0.2) is 18.2 Å². The van der Waals surface area contributed by atoms with E-state index in [9.17, 15) is 5.11 Å². The Morgan fingerprint density at radius 2 is 2.21 bits per heavy atom. The molecule has 1 aliphatic carbocycles. The maximum Gasteiger partial charge on any atom is 0.0992 e. The van der Waals surface area contributed by atoms with Crippen molar-refractivity contribution in [3.8, 4) is 6.07 Å². The molecule has 1 aromatic rings. The molecule has 0 heterocycles. The number of hydrogen-bond donors (Lipinski definition) is 1. The van der Waals surface area contributed by atoms with Crippen molar-refractivity contribution in [3.05, 3.63) is 29.3 Å². The molecule has 19 heavy (non-hydrogen) atoms. The molecule has 0 spiro atoms. The summed E-state index contributed by atoms with van der Waals surface area (Å²) in [6.07, 6.45) is 3.44. The minimum absolute atomic E-state index is 0.502. The maximum atomic E-state index is 9.91. The largest absolute Gasteiger partial charge is 0.389 e. The minimum Gasteiger partial charge on any atom is -0.389 e. The van der Waals surface area contributed by atoms with Crippen molar-refractivity contribution in [2.75, 3.05) is 18.0 Å². The van der Waals surface area contributed by atoms with Crippen LogP contribution in [-0.4, -0.2) is 18.2 Å². The molecule has 0 unspecified atom stereocenters. The third-order valence-electron chi connectivity index (χ3n) is 4.04. The summed E-state index contributed by atoms with van der Waals surface area (Å²) in [6.45, 7) is 5.85. The van der Waals surface area contributed by atoms with Crippen molar-refractivity contribution in [1.82, 2.24) is 0 Å². The van der Waals surface area contributed by atoms with E-state index in [-0.39, 0.29) is 0 Å². The number of aliphatic hydroxyl groups excluding tert-OH is 1. The van der Waals surface area contributed by atoms with Gasteiger partial charge in [-0.1, -0.05) is 12.5 Å². The van der Waals surface area contributed by atoms with Gasteiger partial charge in [-0.25, -0.2) is 0 Å². The number of anilines is 1. The molecule has 0 bridgehead atoms. The van der Waals surface area contributed by atoms with Crippen LogP contribution >= 0.6 is 0 Å². The molecule has 0 aromatic heterocycles. The van der Waals surface area contributed by atoms with Crippen molar-refractivity contribution >= 4 is 5.69 Å². The van der Waals surface area contributed by atoms with Gasteiger partial charge in [-0.3, -0.25) is 0 Å². The van der Waals surface area contributed by atoms with E-state index < -0.39 is 6.10 Å². The minimum atomic E-state index is -0.502.